The number of hydrogen-bond acceptors (Lipinski definition) is 5. The summed E-state index contributed by atoms with van der Waals surface area (Å²) >= 11 is 0. The van der Waals surface area contributed by atoms with Crippen LogP contribution in [0, 0.1) is 0 Å². The summed E-state index contributed by atoms with van der Waals surface area (Å²) in [5.74, 6) is -0.805. The summed E-state index contributed by atoms with van der Waals surface area (Å²) in [6.45, 7) is 2.24. The molecule has 0 radical (unpaired) electrons. The van der Waals surface area contributed by atoms with Gasteiger partial charge in [0.2, 0.25) is 0 Å². The number of aliphatic hydroxyl groups excluding tert-OH is 1. The summed E-state index contributed by atoms with van der Waals surface area (Å²) in [5.41, 5.74) is 1.44. The lowest BCUT2D eigenvalue weighted by Gasteiger charge is -2.26. The zero-order valence-corrected chi connectivity index (χ0v) is 16.1. The molecule has 5 nitrogen and oxygen atoms in total. The lowest BCUT2D eigenvalue weighted by Crippen LogP contribution is -2.16. The minimum atomic E-state index is -3.53. The van der Waals surface area contributed by atoms with Crippen LogP contribution in [0.5, 0.6) is 5.75 Å². The van der Waals surface area contributed by atoms with Gasteiger partial charge in [0.15, 0.2) is 5.85 Å². The Hall–Kier alpha value is -1.81. The molecule has 0 spiro atoms. The quantitative estimate of drug-likeness (QED) is 0.723. The van der Waals surface area contributed by atoms with E-state index in [4.69, 9.17) is 9.26 Å². The van der Waals surface area contributed by atoms with Gasteiger partial charge in [0, 0.05) is 30.7 Å². The minimum Gasteiger partial charge on any atom is -0.496 e. The summed E-state index contributed by atoms with van der Waals surface area (Å²) < 4.78 is 24.7. The summed E-state index contributed by atoms with van der Waals surface area (Å²) in [4.78, 5) is 1.96. The first kappa shape index (κ1) is 19.5. The van der Waals surface area contributed by atoms with E-state index >= 15 is 0 Å². The molecule has 0 amide bonds. The van der Waals surface area contributed by atoms with Crippen molar-refractivity contribution < 1.29 is 18.9 Å². The number of ether oxygens (including phenoxy) is 1. The average molecular weight is 363 g/mol. The largest absolute Gasteiger partial charge is 0.496 e. The van der Waals surface area contributed by atoms with Crippen LogP contribution >= 0.6 is 7.37 Å². The molecule has 1 N–H and O–H groups in total. The molecule has 2 rings (SSSR count). The van der Waals surface area contributed by atoms with Crippen molar-refractivity contribution >= 4 is 18.4 Å². The van der Waals surface area contributed by atoms with Crippen molar-refractivity contribution in [3.63, 3.8) is 0 Å². The predicted molar refractivity (Wildman–Crippen MR) is 102 cm³/mol. The minimum absolute atomic E-state index is 0.304. The van der Waals surface area contributed by atoms with E-state index in [-0.39, 0.29) is 0 Å². The maximum Gasteiger partial charge on any atom is 0.264 e. The first-order valence-electron chi connectivity index (χ1n) is 8.27. The molecule has 0 aliphatic carbocycles. The van der Waals surface area contributed by atoms with Crippen LogP contribution in [0.2, 0.25) is 0 Å². The monoisotopic (exact) mass is 363 g/mol. The van der Waals surface area contributed by atoms with Crippen LogP contribution in [0.3, 0.4) is 0 Å². The van der Waals surface area contributed by atoms with Gasteiger partial charge in [0.25, 0.3) is 7.37 Å². The third kappa shape index (κ3) is 4.24. The van der Waals surface area contributed by atoms with Crippen LogP contribution in [0.25, 0.3) is 0 Å². The van der Waals surface area contributed by atoms with E-state index in [0.29, 0.717) is 29.6 Å². The second-order valence-electron chi connectivity index (χ2n) is 5.96. The van der Waals surface area contributed by atoms with Crippen molar-refractivity contribution in [1.29, 1.82) is 0 Å². The molecule has 2 aromatic rings. The van der Waals surface area contributed by atoms with Crippen LogP contribution in [-0.2, 0) is 9.09 Å². The van der Waals surface area contributed by atoms with Crippen molar-refractivity contribution in [2.45, 2.75) is 19.2 Å². The average Bonchev–Trinajstić information content (AvgIpc) is 2.65. The molecule has 0 aliphatic heterocycles. The molecule has 0 saturated carbocycles. The van der Waals surface area contributed by atoms with E-state index in [1.165, 1.54) is 7.11 Å². The zero-order valence-electron chi connectivity index (χ0n) is 15.2. The van der Waals surface area contributed by atoms with Gasteiger partial charge in [-0.25, -0.2) is 0 Å². The second kappa shape index (κ2) is 8.52. The molecular weight excluding hydrogens is 337 g/mol. The van der Waals surface area contributed by atoms with Crippen LogP contribution in [0.1, 0.15) is 24.8 Å². The molecule has 0 aromatic heterocycles. The Morgan fingerprint density at radius 1 is 1.12 bits per heavy atom. The molecule has 0 unspecified atom stereocenters. The fraction of sp³-hybridized carbons (Fsp3) is 0.368. The van der Waals surface area contributed by atoms with Crippen LogP contribution in [0.4, 0.5) is 5.69 Å². The van der Waals surface area contributed by atoms with Crippen LogP contribution in [0.15, 0.2) is 48.5 Å². The number of para-hydroxylation sites is 1. The first-order chi connectivity index (χ1) is 11.9. The number of rotatable bonds is 8. The highest BCUT2D eigenvalue weighted by molar-refractivity contribution is 7.67. The van der Waals surface area contributed by atoms with Gasteiger partial charge in [-0.3, -0.25) is 4.57 Å². The van der Waals surface area contributed by atoms with Crippen molar-refractivity contribution in [3.8, 4) is 5.75 Å². The van der Waals surface area contributed by atoms with E-state index in [2.05, 4.69) is 0 Å². The summed E-state index contributed by atoms with van der Waals surface area (Å²) in [6, 6.07) is 14.3. The van der Waals surface area contributed by atoms with Crippen molar-refractivity contribution in [1.82, 2.24) is 0 Å². The van der Waals surface area contributed by atoms with Gasteiger partial charge in [0.1, 0.15) is 5.75 Å². The molecule has 0 aliphatic rings. The van der Waals surface area contributed by atoms with Crippen LogP contribution < -0.4 is 14.9 Å². The van der Waals surface area contributed by atoms with Gasteiger partial charge in [-0.15, -0.1) is 0 Å². The topological polar surface area (TPSA) is 59.0 Å². The Labute approximate surface area is 149 Å². The Bertz CT molecular complexity index is 730. The maximum absolute atomic E-state index is 13.7. The van der Waals surface area contributed by atoms with E-state index in [9.17, 15) is 9.67 Å². The Balaban J connectivity index is 2.47. The SMILES string of the molecule is CCCO[P@@](=O)(c1ccc(N(C)C)cc1)[C@H](O)c1ccccc1OC. The van der Waals surface area contributed by atoms with Crippen molar-refractivity contribution in [2.75, 3.05) is 32.7 Å². The maximum atomic E-state index is 13.7. The molecule has 2 atom stereocenters. The number of aliphatic hydroxyl groups is 1. The Morgan fingerprint density at radius 3 is 2.32 bits per heavy atom. The van der Waals surface area contributed by atoms with Gasteiger partial charge < -0.3 is 19.3 Å². The number of benzene rings is 2. The highest BCUT2D eigenvalue weighted by Gasteiger charge is 2.37. The van der Waals surface area contributed by atoms with E-state index in [1.807, 2.05) is 38.1 Å². The molecule has 0 heterocycles. The second-order valence-corrected chi connectivity index (χ2v) is 8.41. The van der Waals surface area contributed by atoms with E-state index in [1.54, 1.807) is 36.4 Å². The van der Waals surface area contributed by atoms with Gasteiger partial charge in [0.05, 0.1) is 13.7 Å². The van der Waals surface area contributed by atoms with Gasteiger partial charge >= 0.3 is 0 Å². The van der Waals surface area contributed by atoms with Gasteiger partial charge in [-0.05, 0) is 36.8 Å². The third-order valence-corrected chi connectivity index (χ3v) is 6.46. The predicted octanol–water partition coefficient (Wildman–Crippen LogP) is 3.78. The number of hydrogen-bond donors (Lipinski definition) is 1. The molecule has 0 fully saturated rings. The van der Waals surface area contributed by atoms with Crippen molar-refractivity contribution in [2.24, 2.45) is 0 Å². The highest BCUT2D eigenvalue weighted by Crippen LogP contribution is 2.59. The smallest absolute Gasteiger partial charge is 0.264 e. The third-order valence-electron chi connectivity index (χ3n) is 3.95. The standard InChI is InChI=1S/C19H26NO4P/c1-5-14-24-25(22,16-12-10-15(11-13-16)20(2)3)19(21)17-8-6-7-9-18(17)23-4/h6-13,19,21H,5,14H2,1-4H3/t19-,25-/m0/s1. The van der Waals surface area contributed by atoms with E-state index in [0.717, 1.165) is 5.69 Å². The number of nitrogens with zero attached hydrogens (tertiary/aromatic N) is 1. The first-order valence-corrected chi connectivity index (χ1v) is 9.96. The summed E-state index contributed by atoms with van der Waals surface area (Å²) in [6.07, 6.45) is 0.707. The lowest BCUT2D eigenvalue weighted by molar-refractivity contribution is 0.210. The van der Waals surface area contributed by atoms with Gasteiger partial charge in [-0.1, -0.05) is 25.1 Å². The van der Waals surface area contributed by atoms with E-state index < -0.39 is 13.2 Å². The molecule has 6 heteroatoms. The lowest BCUT2D eigenvalue weighted by atomic mass is 10.2. The normalized spacial score (nSPS) is 14.6. The molecule has 0 bridgehead atoms. The summed E-state index contributed by atoms with van der Waals surface area (Å²) in [7, 11) is 1.86. The molecule has 25 heavy (non-hydrogen) atoms. The fourth-order valence-electron chi connectivity index (χ4n) is 2.53. The molecule has 2 aromatic carbocycles. The number of anilines is 1. The Morgan fingerprint density at radius 2 is 1.76 bits per heavy atom. The van der Waals surface area contributed by atoms with Gasteiger partial charge in [-0.2, -0.15) is 0 Å². The Kier molecular flexibility index (Phi) is 6.65. The molecule has 0 saturated heterocycles. The fourth-order valence-corrected chi connectivity index (χ4v) is 4.71. The van der Waals surface area contributed by atoms with Crippen molar-refractivity contribution in [3.05, 3.63) is 54.1 Å². The number of methoxy groups -OCH3 is 1. The highest BCUT2D eigenvalue weighted by atomic mass is 31.2. The zero-order chi connectivity index (χ0) is 18.4. The summed E-state index contributed by atoms with van der Waals surface area (Å²) in [5, 5.41) is 11.4. The molecular formula is C19H26NO4P. The van der Waals surface area contributed by atoms with Crippen LogP contribution in [-0.4, -0.2) is 32.9 Å². The molecule has 136 valence electrons.